The number of hydrogen-bond donors (Lipinski definition) is 2. The molecule has 32 heavy (non-hydrogen) atoms. The maximum absolute atomic E-state index is 13.2. The Morgan fingerprint density at radius 1 is 1.19 bits per heavy atom. The minimum Gasteiger partial charge on any atom is -0.383 e. The van der Waals surface area contributed by atoms with Crippen molar-refractivity contribution in [1.29, 1.82) is 0 Å². The molecule has 0 fully saturated rings. The molecule has 11 heteroatoms. The summed E-state index contributed by atoms with van der Waals surface area (Å²) in [5, 5.41) is 11.1. The van der Waals surface area contributed by atoms with E-state index in [0.717, 1.165) is 21.1 Å². The third-order valence-corrected chi connectivity index (χ3v) is 4.74. The first-order chi connectivity index (χ1) is 15.3. The Balaban J connectivity index is 2.11. The van der Waals surface area contributed by atoms with Crippen molar-refractivity contribution in [2.45, 2.75) is 6.54 Å². The average Bonchev–Trinajstić information content (AvgIpc) is 2.79. The number of ether oxygens (including phenoxy) is 1. The standard InChI is InChI=1S/C21H21N5O6/c1-32-11-10-24(20(28)15-8-5-9-16(12-15)26(30)31)17-18(22)25(21(29)23-19(17)27)13-14-6-3-2-4-7-14/h2-9,12H,10-11,13,22H2,1H3,(H,23,27,29). The molecule has 1 heterocycles. The molecule has 0 spiro atoms. The number of nitro benzene ring substituents is 1. The number of H-pyrrole nitrogens is 1. The Hall–Kier alpha value is -4.25. The summed E-state index contributed by atoms with van der Waals surface area (Å²) in [7, 11) is 1.42. The molecule has 0 unspecified atom stereocenters. The second-order valence-corrected chi connectivity index (χ2v) is 6.82. The van der Waals surface area contributed by atoms with Gasteiger partial charge in [0.1, 0.15) is 5.82 Å². The Morgan fingerprint density at radius 2 is 1.91 bits per heavy atom. The number of benzene rings is 2. The van der Waals surface area contributed by atoms with Gasteiger partial charge in [0.05, 0.1) is 18.1 Å². The highest BCUT2D eigenvalue weighted by molar-refractivity contribution is 6.07. The molecule has 0 aliphatic rings. The van der Waals surface area contributed by atoms with Gasteiger partial charge in [-0.15, -0.1) is 0 Å². The summed E-state index contributed by atoms with van der Waals surface area (Å²) in [5.74, 6) is -0.912. The predicted molar refractivity (Wildman–Crippen MR) is 118 cm³/mol. The van der Waals surface area contributed by atoms with Crippen LogP contribution in [0.15, 0.2) is 64.2 Å². The van der Waals surface area contributed by atoms with Crippen molar-refractivity contribution in [1.82, 2.24) is 9.55 Å². The first-order valence-corrected chi connectivity index (χ1v) is 9.55. The number of amides is 1. The quantitative estimate of drug-likeness (QED) is 0.397. The lowest BCUT2D eigenvalue weighted by atomic mass is 10.1. The van der Waals surface area contributed by atoms with Crippen LogP contribution in [0.3, 0.4) is 0 Å². The zero-order chi connectivity index (χ0) is 23.3. The van der Waals surface area contributed by atoms with E-state index in [9.17, 15) is 24.5 Å². The minimum atomic E-state index is -0.855. The number of methoxy groups -OCH3 is 1. The van der Waals surface area contributed by atoms with Crippen LogP contribution in [0.5, 0.6) is 0 Å². The molecule has 11 nitrogen and oxygen atoms in total. The number of nitrogen functional groups attached to an aromatic ring is 1. The van der Waals surface area contributed by atoms with E-state index in [0.29, 0.717) is 0 Å². The van der Waals surface area contributed by atoms with Crippen molar-refractivity contribution in [3.05, 3.63) is 96.7 Å². The number of non-ortho nitro benzene ring substituents is 1. The van der Waals surface area contributed by atoms with Crippen LogP contribution < -0.4 is 21.9 Å². The van der Waals surface area contributed by atoms with Crippen molar-refractivity contribution in [3.63, 3.8) is 0 Å². The van der Waals surface area contributed by atoms with Gasteiger partial charge < -0.3 is 10.5 Å². The highest BCUT2D eigenvalue weighted by atomic mass is 16.6. The second kappa shape index (κ2) is 9.71. The van der Waals surface area contributed by atoms with Gasteiger partial charge in [0.2, 0.25) is 0 Å². The summed E-state index contributed by atoms with van der Waals surface area (Å²) in [6, 6.07) is 14.1. The molecule has 0 aliphatic heterocycles. The maximum Gasteiger partial charge on any atom is 0.330 e. The molecule has 0 bridgehead atoms. The molecule has 3 rings (SSSR count). The minimum absolute atomic E-state index is 0.0186. The van der Waals surface area contributed by atoms with Crippen LogP contribution >= 0.6 is 0 Å². The molecule has 0 saturated heterocycles. The van der Waals surface area contributed by atoms with Crippen molar-refractivity contribution >= 4 is 23.1 Å². The fraction of sp³-hybridized carbons (Fsp3) is 0.190. The highest BCUT2D eigenvalue weighted by Gasteiger charge is 2.26. The summed E-state index contributed by atoms with van der Waals surface area (Å²) in [6.45, 7) is 0.0462. The summed E-state index contributed by atoms with van der Waals surface area (Å²) in [4.78, 5) is 52.1. The van der Waals surface area contributed by atoms with Gasteiger partial charge in [-0.05, 0) is 11.6 Å². The van der Waals surface area contributed by atoms with Crippen molar-refractivity contribution in [2.75, 3.05) is 30.9 Å². The average molecular weight is 439 g/mol. The van der Waals surface area contributed by atoms with Crippen molar-refractivity contribution in [2.24, 2.45) is 0 Å². The molecule has 0 atom stereocenters. The number of rotatable bonds is 8. The van der Waals surface area contributed by atoms with Crippen LogP contribution in [0, 0.1) is 10.1 Å². The van der Waals surface area contributed by atoms with Crippen LogP contribution in [0.25, 0.3) is 0 Å². The molecule has 1 aromatic heterocycles. The molecular weight excluding hydrogens is 418 g/mol. The fourth-order valence-corrected chi connectivity index (χ4v) is 3.17. The first kappa shape index (κ1) is 22.4. The Kier molecular flexibility index (Phi) is 6.80. The van der Waals surface area contributed by atoms with Crippen LogP contribution in [0.4, 0.5) is 17.2 Å². The molecule has 0 radical (unpaired) electrons. The van der Waals surface area contributed by atoms with Crippen molar-refractivity contribution < 1.29 is 14.5 Å². The van der Waals surface area contributed by atoms with Crippen LogP contribution in [-0.4, -0.2) is 40.6 Å². The maximum atomic E-state index is 13.2. The number of aromatic amines is 1. The molecular formula is C21H21N5O6. The van der Waals surface area contributed by atoms with E-state index in [1.807, 2.05) is 6.07 Å². The summed E-state index contributed by atoms with van der Waals surface area (Å²) in [5.41, 5.74) is 4.84. The lowest BCUT2D eigenvalue weighted by Gasteiger charge is -2.24. The third-order valence-electron chi connectivity index (χ3n) is 4.74. The summed E-state index contributed by atoms with van der Waals surface area (Å²) in [6.07, 6.45) is 0. The van der Waals surface area contributed by atoms with Crippen molar-refractivity contribution in [3.8, 4) is 0 Å². The molecule has 166 valence electrons. The van der Waals surface area contributed by atoms with Gasteiger partial charge in [0.15, 0.2) is 5.69 Å². The van der Waals surface area contributed by atoms with E-state index >= 15 is 0 Å². The number of nitrogens with zero attached hydrogens (tertiary/aromatic N) is 3. The zero-order valence-corrected chi connectivity index (χ0v) is 17.2. The predicted octanol–water partition coefficient (Wildman–Crippen LogP) is 1.37. The van der Waals surface area contributed by atoms with Gasteiger partial charge >= 0.3 is 5.69 Å². The lowest BCUT2D eigenvalue weighted by Crippen LogP contribution is -2.42. The molecule has 0 saturated carbocycles. The number of nitro groups is 1. The lowest BCUT2D eigenvalue weighted by molar-refractivity contribution is -0.384. The topological polar surface area (TPSA) is 154 Å². The molecule has 0 aliphatic carbocycles. The Labute approximate surface area is 181 Å². The number of hydrogen-bond acceptors (Lipinski definition) is 7. The Bertz CT molecular complexity index is 1250. The monoisotopic (exact) mass is 439 g/mol. The largest absolute Gasteiger partial charge is 0.383 e. The van der Waals surface area contributed by atoms with Crippen LogP contribution in [0.1, 0.15) is 15.9 Å². The normalized spacial score (nSPS) is 10.7. The number of nitrogens with one attached hydrogen (secondary N) is 1. The van der Waals surface area contributed by atoms with Crippen LogP contribution in [0.2, 0.25) is 0 Å². The second-order valence-electron chi connectivity index (χ2n) is 6.82. The fourth-order valence-electron chi connectivity index (χ4n) is 3.17. The van der Waals surface area contributed by atoms with Crippen LogP contribution in [-0.2, 0) is 11.3 Å². The van der Waals surface area contributed by atoms with E-state index in [4.69, 9.17) is 10.5 Å². The van der Waals surface area contributed by atoms with E-state index in [1.54, 1.807) is 24.3 Å². The van der Waals surface area contributed by atoms with Gasteiger partial charge in [0.25, 0.3) is 17.2 Å². The number of anilines is 2. The number of nitrogens with two attached hydrogens (primary N) is 1. The Morgan fingerprint density at radius 3 is 2.56 bits per heavy atom. The van der Waals surface area contributed by atoms with Gasteiger partial charge in [0, 0.05) is 31.4 Å². The molecule has 3 N–H and O–H groups in total. The smallest absolute Gasteiger partial charge is 0.330 e. The molecule has 3 aromatic rings. The molecule has 1 amide bonds. The number of aromatic nitrogens is 2. The van der Waals surface area contributed by atoms with Gasteiger partial charge in [-0.3, -0.25) is 34.2 Å². The van der Waals surface area contributed by atoms with E-state index in [2.05, 4.69) is 4.98 Å². The number of carbonyl (C=O) groups is 1. The van der Waals surface area contributed by atoms with Gasteiger partial charge in [-0.25, -0.2) is 4.79 Å². The zero-order valence-electron chi connectivity index (χ0n) is 17.2. The number of carbonyl (C=O) groups excluding carboxylic acids is 1. The van der Waals surface area contributed by atoms with E-state index in [-0.39, 0.29) is 42.5 Å². The third kappa shape index (κ3) is 4.73. The van der Waals surface area contributed by atoms with Gasteiger partial charge in [-0.1, -0.05) is 36.4 Å². The SMILES string of the molecule is COCCN(C(=O)c1cccc([N+](=O)[O-])c1)c1c(N)n(Cc2ccccc2)c(=O)[nH]c1=O. The molecule has 2 aromatic carbocycles. The highest BCUT2D eigenvalue weighted by Crippen LogP contribution is 2.22. The van der Waals surface area contributed by atoms with Gasteiger partial charge in [-0.2, -0.15) is 0 Å². The summed E-state index contributed by atoms with van der Waals surface area (Å²) >= 11 is 0. The summed E-state index contributed by atoms with van der Waals surface area (Å²) < 4.78 is 6.19. The van der Waals surface area contributed by atoms with E-state index < -0.39 is 22.1 Å². The first-order valence-electron chi connectivity index (χ1n) is 9.55. The van der Waals surface area contributed by atoms with E-state index in [1.165, 1.54) is 25.3 Å².